The van der Waals surface area contributed by atoms with Gasteiger partial charge in [0.15, 0.2) is 5.76 Å². The minimum absolute atomic E-state index is 0.296. The Bertz CT molecular complexity index is 894. The lowest BCUT2D eigenvalue weighted by Crippen LogP contribution is -2.23. The number of aromatic nitrogens is 3. The molecule has 3 N–H and O–H groups in total. The molecule has 0 saturated carbocycles. The zero-order chi connectivity index (χ0) is 18.0. The van der Waals surface area contributed by atoms with Gasteiger partial charge in [-0.2, -0.15) is 0 Å². The number of halogens is 1. The van der Waals surface area contributed by atoms with E-state index in [-0.39, 0.29) is 11.7 Å². The van der Waals surface area contributed by atoms with E-state index in [1.807, 2.05) is 0 Å². The third-order valence-electron chi connectivity index (χ3n) is 3.50. The summed E-state index contributed by atoms with van der Waals surface area (Å²) in [5, 5.41) is 10.5. The number of furan rings is 1. The number of carbonyl (C=O) groups excluding carboxylic acids is 1. The topological polar surface area (TPSA) is 99.0 Å². The summed E-state index contributed by atoms with van der Waals surface area (Å²) in [4.78, 5) is 12.3. The van der Waals surface area contributed by atoms with E-state index in [4.69, 9.17) is 10.3 Å². The summed E-state index contributed by atoms with van der Waals surface area (Å²) in [6.45, 7) is 3.36. The van der Waals surface area contributed by atoms with Crippen molar-refractivity contribution in [3.63, 3.8) is 0 Å². The number of anilines is 1. The lowest BCUT2D eigenvalue weighted by molar-refractivity contribution is -0.115. The second kappa shape index (κ2) is 6.98. The molecule has 0 radical (unpaired) electrons. The number of nitrogens with one attached hydrogen (secondary N) is 1. The summed E-state index contributed by atoms with van der Waals surface area (Å²) in [7, 11) is 0. The van der Waals surface area contributed by atoms with Crippen molar-refractivity contribution >= 4 is 23.4 Å². The average molecular weight is 361 g/mol. The number of thioether (sulfide) groups is 1. The Morgan fingerprint density at radius 1 is 1.40 bits per heavy atom. The van der Waals surface area contributed by atoms with E-state index in [0.717, 1.165) is 11.8 Å². The number of nitrogen functional groups attached to an aromatic ring is 1. The van der Waals surface area contributed by atoms with Gasteiger partial charge in [-0.1, -0.05) is 17.8 Å². The molecule has 1 amide bonds. The van der Waals surface area contributed by atoms with E-state index < -0.39 is 5.25 Å². The summed E-state index contributed by atoms with van der Waals surface area (Å²) in [6, 6.07) is 7.96. The summed E-state index contributed by atoms with van der Waals surface area (Å²) in [5.74, 6) is 6.14. The van der Waals surface area contributed by atoms with Gasteiger partial charge in [0.25, 0.3) is 0 Å². The number of nitrogens with zero attached hydrogens (tertiary/aromatic N) is 3. The summed E-state index contributed by atoms with van der Waals surface area (Å²) >= 11 is 1.14. The van der Waals surface area contributed by atoms with Crippen LogP contribution in [-0.2, 0) is 4.79 Å². The maximum Gasteiger partial charge on any atom is 0.237 e. The minimum Gasteiger partial charge on any atom is -0.461 e. The first-order valence-corrected chi connectivity index (χ1v) is 8.31. The number of benzene rings is 1. The van der Waals surface area contributed by atoms with E-state index in [1.54, 1.807) is 38.1 Å². The summed E-state index contributed by atoms with van der Waals surface area (Å²) in [6.07, 6.45) is 1.51. The molecule has 1 atom stereocenters. The first-order chi connectivity index (χ1) is 12.0. The number of amides is 1. The molecule has 130 valence electrons. The molecular weight excluding hydrogens is 345 g/mol. The van der Waals surface area contributed by atoms with Gasteiger partial charge in [0.1, 0.15) is 5.82 Å². The highest BCUT2D eigenvalue weighted by atomic mass is 32.2. The van der Waals surface area contributed by atoms with E-state index >= 15 is 0 Å². The maximum atomic E-state index is 13.6. The number of rotatable bonds is 5. The van der Waals surface area contributed by atoms with Crippen molar-refractivity contribution in [3.05, 3.63) is 48.0 Å². The Morgan fingerprint density at radius 2 is 2.20 bits per heavy atom. The van der Waals surface area contributed by atoms with Crippen LogP contribution in [0.3, 0.4) is 0 Å². The maximum absolute atomic E-state index is 13.6. The average Bonchev–Trinajstić information content (AvgIpc) is 3.21. The number of hydrogen-bond acceptors (Lipinski definition) is 6. The van der Waals surface area contributed by atoms with Crippen molar-refractivity contribution in [2.45, 2.75) is 24.3 Å². The monoisotopic (exact) mass is 361 g/mol. The Kier molecular flexibility index (Phi) is 4.75. The quantitative estimate of drug-likeness (QED) is 0.535. The number of carbonyl (C=O) groups is 1. The van der Waals surface area contributed by atoms with Crippen molar-refractivity contribution < 1.29 is 13.6 Å². The molecule has 3 rings (SSSR count). The Morgan fingerprint density at radius 3 is 2.88 bits per heavy atom. The zero-order valence-corrected chi connectivity index (χ0v) is 14.4. The molecule has 9 heteroatoms. The van der Waals surface area contributed by atoms with Crippen molar-refractivity contribution in [3.8, 4) is 11.6 Å². The normalized spacial score (nSPS) is 12.1. The molecule has 2 heterocycles. The molecule has 0 aliphatic heterocycles. The summed E-state index contributed by atoms with van der Waals surface area (Å²) < 4.78 is 20.1. The number of aryl methyl sites for hydroxylation is 1. The molecule has 0 fully saturated rings. The molecule has 0 aliphatic rings. The Balaban J connectivity index is 1.68. The van der Waals surface area contributed by atoms with Crippen LogP contribution in [0.1, 0.15) is 12.5 Å². The van der Waals surface area contributed by atoms with Crippen LogP contribution in [0.25, 0.3) is 11.6 Å². The van der Waals surface area contributed by atoms with Gasteiger partial charge in [0.05, 0.1) is 11.5 Å². The highest BCUT2D eigenvalue weighted by Gasteiger charge is 2.21. The van der Waals surface area contributed by atoms with Gasteiger partial charge in [0.2, 0.25) is 16.9 Å². The molecule has 1 aromatic carbocycles. The summed E-state index contributed by atoms with van der Waals surface area (Å²) in [5.41, 5.74) is 0.910. The second-order valence-corrected chi connectivity index (χ2v) is 6.67. The van der Waals surface area contributed by atoms with Crippen LogP contribution in [0.4, 0.5) is 10.1 Å². The van der Waals surface area contributed by atoms with Crippen LogP contribution in [-0.4, -0.2) is 26.0 Å². The first-order valence-electron chi connectivity index (χ1n) is 7.43. The molecule has 0 saturated heterocycles. The second-order valence-electron chi connectivity index (χ2n) is 5.37. The van der Waals surface area contributed by atoms with Gasteiger partial charge in [-0.15, -0.1) is 10.2 Å². The molecule has 0 aliphatic carbocycles. The fourth-order valence-corrected chi connectivity index (χ4v) is 2.83. The van der Waals surface area contributed by atoms with Crippen LogP contribution >= 0.6 is 11.8 Å². The molecule has 1 unspecified atom stereocenters. The molecule has 2 aromatic heterocycles. The van der Waals surface area contributed by atoms with Crippen molar-refractivity contribution in [1.29, 1.82) is 0 Å². The fraction of sp³-hybridized carbons (Fsp3) is 0.188. The molecule has 25 heavy (non-hydrogen) atoms. The molecular formula is C16H16FN5O2S. The molecule has 3 aromatic rings. The zero-order valence-electron chi connectivity index (χ0n) is 13.6. The number of hydrogen-bond donors (Lipinski definition) is 2. The van der Waals surface area contributed by atoms with Crippen molar-refractivity contribution in [1.82, 2.24) is 14.9 Å². The largest absolute Gasteiger partial charge is 0.461 e. The van der Waals surface area contributed by atoms with E-state index in [9.17, 15) is 9.18 Å². The van der Waals surface area contributed by atoms with Crippen molar-refractivity contribution in [2.24, 2.45) is 0 Å². The van der Waals surface area contributed by atoms with E-state index in [2.05, 4.69) is 15.5 Å². The van der Waals surface area contributed by atoms with Gasteiger partial charge in [0, 0.05) is 5.69 Å². The highest BCUT2D eigenvalue weighted by Crippen LogP contribution is 2.25. The van der Waals surface area contributed by atoms with Gasteiger partial charge in [-0.3, -0.25) is 4.79 Å². The predicted molar refractivity (Wildman–Crippen MR) is 93.0 cm³/mol. The van der Waals surface area contributed by atoms with Crippen LogP contribution in [0.15, 0.2) is 46.2 Å². The Hall–Kier alpha value is -2.81. The van der Waals surface area contributed by atoms with E-state index in [1.165, 1.54) is 17.0 Å². The fourth-order valence-electron chi connectivity index (χ4n) is 2.06. The van der Waals surface area contributed by atoms with Crippen LogP contribution in [0.2, 0.25) is 0 Å². The third-order valence-corrected chi connectivity index (χ3v) is 4.55. The van der Waals surface area contributed by atoms with Crippen molar-refractivity contribution in [2.75, 3.05) is 11.2 Å². The number of nitrogens with two attached hydrogens (primary N) is 1. The minimum atomic E-state index is -0.514. The predicted octanol–water partition coefficient (Wildman–Crippen LogP) is 2.82. The van der Waals surface area contributed by atoms with Gasteiger partial charge in [-0.25, -0.2) is 9.07 Å². The molecule has 0 bridgehead atoms. The van der Waals surface area contributed by atoms with Crippen LogP contribution in [0, 0.1) is 12.7 Å². The molecule has 0 spiro atoms. The van der Waals surface area contributed by atoms with Crippen LogP contribution in [0.5, 0.6) is 0 Å². The SMILES string of the molecule is Cc1ccc(NC(=O)C(C)Sc2nnc(-c3ccco3)n2N)cc1F. The van der Waals surface area contributed by atoms with Gasteiger partial charge < -0.3 is 15.6 Å². The smallest absolute Gasteiger partial charge is 0.237 e. The first kappa shape index (κ1) is 17.0. The lowest BCUT2D eigenvalue weighted by atomic mass is 10.2. The van der Waals surface area contributed by atoms with Crippen LogP contribution < -0.4 is 11.2 Å². The molecule has 7 nitrogen and oxygen atoms in total. The van der Waals surface area contributed by atoms with Gasteiger partial charge >= 0.3 is 0 Å². The Labute approximate surface area is 147 Å². The lowest BCUT2D eigenvalue weighted by Gasteiger charge is -2.12. The highest BCUT2D eigenvalue weighted by molar-refractivity contribution is 8.00. The third kappa shape index (κ3) is 3.66. The van der Waals surface area contributed by atoms with E-state index in [0.29, 0.717) is 28.0 Å². The standard InChI is InChI=1S/C16H16FN5O2S/c1-9-5-6-11(8-12(9)17)19-15(23)10(2)25-16-21-20-14(22(16)18)13-4-3-7-24-13/h3-8,10H,18H2,1-2H3,(H,19,23). The van der Waals surface area contributed by atoms with Gasteiger partial charge in [-0.05, 0) is 43.7 Å².